The van der Waals surface area contributed by atoms with Crippen LogP contribution >= 0.6 is 0 Å². The van der Waals surface area contributed by atoms with Gasteiger partial charge in [0.15, 0.2) is 5.78 Å². The number of hydrogen-bond acceptors (Lipinski definition) is 3. The third kappa shape index (κ3) is 7.68. The lowest BCUT2D eigenvalue weighted by Crippen LogP contribution is -2.22. The largest absolute Gasteiger partial charge is 0.356 e. The van der Waals surface area contributed by atoms with E-state index in [0.717, 1.165) is 18.2 Å². The molecule has 4 heteroatoms. The minimum Gasteiger partial charge on any atom is -0.356 e. The molecule has 1 rings (SSSR count). The number of ether oxygens (including phenoxy) is 2. The maximum absolute atomic E-state index is 12.1. The number of hydrogen-bond donors (Lipinski definition) is 0. The lowest BCUT2D eigenvalue weighted by Gasteiger charge is -2.18. The Balaban J connectivity index is 2.26. The molecule has 0 N–H and O–H groups in total. The minimum atomic E-state index is -1.06. The second kappa shape index (κ2) is 9.03. The van der Waals surface area contributed by atoms with Crippen molar-refractivity contribution in [2.75, 3.05) is 13.4 Å². The van der Waals surface area contributed by atoms with E-state index in [1.54, 1.807) is 0 Å². The summed E-state index contributed by atoms with van der Waals surface area (Å²) in [6.07, 6.45) is 0.125. The summed E-state index contributed by atoms with van der Waals surface area (Å²) in [6, 6.07) is 10.4. The summed E-state index contributed by atoms with van der Waals surface area (Å²) < 4.78 is 11.1. The molecule has 0 aliphatic rings. The summed E-state index contributed by atoms with van der Waals surface area (Å²) in [4.78, 5) is 12.1. The molecule has 0 bridgehead atoms. The van der Waals surface area contributed by atoms with Crippen molar-refractivity contribution in [3.05, 3.63) is 48.0 Å². The van der Waals surface area contributed by atoms with Crippen LogP contribution in [0.1, 0.15) is 23.7 Å². The lowest BCUT2D eigenvalue weighted by molar-refractivity contribution is -0.0700. The molecule has 1 aromatic rings. The van der Waals surface area contributed by atoms with Crippen molar-refractivity contribution in [2.24, 2.45) is 0 Å². The molecule has 0 spiro atoms. The molecule has 0 saturated carbocycles. The smallest absolute Gasteiger partial charge is 0.166 e. The Morgan fingerprint density at radius 2 is 1.86 bits per heavy atom. The lowest BCUT2D eigenvalue weighted by atomic mass is 10.0. The molecular formula is C18H28O3Si. The zero-order valence-corrected chi connectivity index (χ0v) is 15.2. The average molecular weight is 321 g/mol. The first-order valence-corrected chi connectivity index (χ1v) is 11.5. The first-order chi connectivity index (χ1) is 10.3. The molecule has 22 heavy (non-hydrogen) atoms. The van der Waals surface area contributed by atoms with E-state index in [9.17, 15) is 4.79 Å². The fourth-order valence-corrected chi connectivity index (χ4v) is 2.54. The highest BCUT2D eigenvalue weighted by molar-refractivity contribution is 6.76. The van der Waals surface area contributed by atoms with Crippen LogP contribution in [0.5, 0.6) is 0 Å². The minimum absolute atomic E-state index is 0.0701. The third-order valence-corrected chi connectivity index (χ3v) is 5.16. The van der Waals surface area contributed by atoms with Gasteiger partial charge in [0.1, 0.15) is 6.79 Å². The Kier molecular flexibility index (Phi) is 7.72. The van der Waals surface area contributed by atoms with E-state index in [1.165, 1.54) is 0 Å². The molecule has 1 aromatic carbocycles. The number of carbonyl (C=O) groups excluding carboxylic acids is 1. The molecule has 1 atom stereocenters. The summed E-state index contributed by atoms with van der Waals surface area (Å²) in [5.74, 6) is 0.0701. The first kappa shape index (κ1) is 18.8. The Morgan fingerprint density at radius 3 is 2.45 bits per heavy atom. The van der Waals surface area contributed by atoms with Gasteiger partial charge >= 0.3 is 0 Å². The van der Waals surface area contributed by atoms with Crippen molar-refractivity contribution in [1.82, 2.24) is 0 Å². The van der Waals surface area contributed by atoms with Gasteiger partial charge in [-0.05, 0) is 18.5 Å². The first-order valence-electron chi connectivity index (χ1n) is 7.75. The van der Waals surface area contributed by atoms with Crippen molar-refractivity contribution >= 4 is 13.9 Å². The predicted molar refractivity (Wildman–Crippen MR) is 94.0 cm³/mol. The Hall–Kier alpha value is -1.23. The van der Waals surface area contributed by atoms with Crippen LogP contribution in [0.15, 0.2) is 42.5 Å². The maximum Gasteiger partial charge on any atom is 0.166 e. The molecule has 0 radical (unpaired) electrons. The predicted octanol–water partition coefficient (Wildman–Crippen LogP) is 4.53. The van der Waals surface area contributed by atoms with E-state index in [-0.39, 0.29) is 18.7 Å². The van der Waals surface area contributed by atoms with Gasteiger partial charge in [-0.25, -0.2) is 0 Å². The summed E-state index contributed by atoms with van der Waals surface area (Å²) in [5.41, 5.74) is 1.49. The van der Waals surface area contributed by atoms with Gasteiger partial charge in [0, 0.05) is 26.7 Å². The van der Waals surface area contributed by atoms with Crippen LogP contribution in [-0.4, -0.2) is 33.4 Å². The summed E-state index contributed by atoms with van der Waals surface area (Å²) in [7, 11) is -1.06. The average Bonchev–Trinajstić information content (AvgIpc) is 2.46. The van der Waals surface area contributed by atoms with E-state index in [4.69, 9.17) is 9.47 Å². The SMILES string of the molecule is C=C(CC(=O)c1ccccc1)C(C)OCOCC[Si](C)(C)C. The Labute approximate surface area is 135 Å². The number of benzene rings is 1. The molecule has 0 aliphatic heterocycles. The van der Waals surface area contributed by atoms with E-state index >= 15 is 0 Å². The topological polar surface area (TPSA) is 35.5 Å². The standard InChI is InChI=1S/C18H28O3Si/c1-15(13-18(19)17-9-7-6-8-10-17)16(2)21-14-20-11-12-22(3,4)5/h6-10,16H,1,11-14H2,2-5H3. The number of ketones is 1. The van der Waals surface area contributed by atoms with E-state index in [0.29, 0.717) is 12.0 Å². The summed E-state index contributed by atoms with van der Waals surface area (Å²) in [5, 5.41) is 0. The molecule has 122 valence electrons. The van der Waals surface area contributed by atoms with Gasteiger partial charge in [0.05, 0.1) is 6.10 Å². The summed E-state index contributed by atoms with van der Waals surface area (Å²) >= 11 is 0. The third-order valence-electron chi connectivity index (χ3n) is 3.46. The van der Waals surface area contributed by atoms with Gasteiger partial charge in [0.25, 0.3) is 0 Å². The fourth-order valence-electron chi connectivity index (χ4n) is 1.78. The van der Waals surface area contributed by atoms with E-state index < -0.39 is 8.07 Å². The normalized spacial score (nSPS) is 12.9. The van der Waals surface area contributed by atoms with Crippen molar-refractivity contribution in [2.45, 2.75) is 45.1 Å². The van der Waals surface area contributed by atoms with Gasteiger partial charge in [0.2, 0.25) is 0 Å². The molecular weight excluding hydrogens is 292 g/mol. The van der Waals surface area contributed by atoms with Gasteiger partial charge in [-0.15, -0.1) is 0 Å². The van der Waals surface area contributed by atoms with Gasteiger partial charge in [-0.3, -0.25) is 4.79 Å². The number of carbonyl (C=O) groups is 1. The zero-order chi connectivity index (χ0) is 16.6. The summed E-state index contributed by atoms with van der Waals surface area (Å²) in [6.45, 7) is 13.8. The molecule has 0 aliphatic carbocycles. The van der Waals surface area contributed by atoms with Crippen molar-refractivity contribution in [3.63, 3.8) is 0 Å². The van der Waals surface area contributed by atoms with Crippen LogP contribution in [0.3, 0.4) is 0 Å². The Bertz CT molecular complexity index is 477. The molecule has 0 fully saturated rings. The van der Waals surface area contributed by atoms with Crippen LogP contribution in [0.4, 0.5) is 0 Å². The van der Waals surface area contributed by atoms with Crippen LogP contribution in [-0.2, 0) is 9.47 Å². The molecule has 1 unspecified atom stereocenters. The highest BCUT2D eigenvalue weighted by atomic mass is 28.3. The highest BCUT2D eigenvalue weighted by Crippen LogP contribution is 2.14. The second-order valence-electron chi connectivity index (χ2n) is 6.77. The molecule has 0 amide bonds. The number of rotatable bonds is 10. The van der Waals surface area contributed by atoms with Crippen molar-refractivity contribution < 1.29 is 14.3 Å². The highest BCUT2D eigenvalue weighted by Gasteiger charge is 2.14. The van der Waals surface area contributed by atoms with E-state index in [1.807, 2.05) is 37.3 Å². The molecule has 0 saturated heterocycles. The van der Waals surface area contributed by atoms with E-state index in [2.05, 4.69) is 26.2 Å². The zero-order valence-electron chi connectivity index (χ0n) is 14.2. The second-order valence-corrected chi connectivity index (χ2v) is 12.4. The van der Waals surface area contributed by atoms with Crippen molar-refractivity contribution in [3.8, 4) is 0 Å². The van der Waals surface area contributed by atoms with Crippen LogP contribution < -0.4 is 0 Å². The molecule has 0 aromatic heterocycles. The van der Waals surface area contributed by atoms with Crippen LogP contribution in [0.25, 0.3) is 0 Å². The van der Waals surface area contributed by atoms with Crippen LogP contribution in [0.2, 0.25) is 25.7 Å². The Morgan fingerprint density at radius 1 is 1.23 bits per heavy atom. The quantitative estimate of drug-likeness (QED) is 0.209. The monoisotopic (exact) mass is 320 g/mol. The molecule has 0 heterocycles. The van der Waals surface area contributed by atoms with Crippen LogP contribution in [0, 0.1) is 0 Å². The van der Waals surface area contributed by atoms with Crippen molar-refractivity contribution in [1.29, 1.82) is 0 Å². The van der Waals surface area contributed by atoms with Gasteiger partial charge in [-0.2, -0.15) is 0 Å². The number of Topliss-reactive ketones (excluding diaryl/α,β-unsaturated/α-hetero) is 1. The fraction of sp³-hybridized carbons (Fsp3) is 0.500. The molecule has 3 nitrogen and oxygen atoms in total. The van der Waals surface area contributed by atoms with Gasteiger partial charge < -0.3 is 9.47 Å². The van der Waals surface area contributed by atoms with Gasteiger partial charge in [-0.1, -0.05) is 56.6 Å². The maximum atomic E-state index is 12.1.